The van der Waals surface area contributed by atoms with E-state index in [1.165, 1.54) is 12.8 Å². The van der Waals surface area contributed by atoms with Gasteiger partial charge in [0.2, 0.25) is 0 Å². The summed E-state index contributed by atoms with van der Waals surface area (Å²) in [6.45, 7) is 6.48. The SMILES string of the molecule is C=CCC(NC)C1CCOC2(CCOCC2)C1. The Kier molecular flexibility index (Phi) is 4.60. The molecule has 2 fully saturated rings. The van der Waals surface area contributed by atoms with E-state index in [2.05, 4.69) is 18.9 Å². The second-order valence-corrected chi connectivity index (χ2v) is 5.32. The molecule has 1 spiro atoms. The van der Waals surface area contributed by atoms with Gasteiger partial charge >= 0.3 is 0 Å². The van der Waals surface area contributed by atoms with Crippen molar-refractivity contribution >= 4 is 0 Å². The Morgan fingerprint density at radius 1 is 1.41 bits per heavy atom. The van der Waals surface area contributed by atoms with Gasteiger partial charge in [-0.05, 0) is 45.1 Å². The second kappa shape index (κ2) is 5.98. The first-order chi connectivity index (χ1) is 8.29. The van der Waals surface area contributed by atoms with E-state index in [0.29, 0.717) is 12.0 Å². The van der Waals surface area contributed by atoms with E-state index in [-0.39, 0.29) is 5.60 Å². The van der Waals surface area contributed by atoms with Gasteiger partial charge in [-0.25, -0.2) is 0 Å². The van der Waals surface area contributed by atoms with E-state index in [1.54, 1.807) is 0 Å². The average Bonchev–Trinajstić information content (AvgIpc) is 2.37. The fourth-order valence-corrected chi connectivity index (χ4v) is 3.23. The summed E-state index contributed by atoms with van der Waals surface area (Å²) in [5, 5.41) is 3.44. The van der Waals surface area contributed by atoms with E-state index in [0.717, 1.165) is 39.1 Å². The first-order valence-corrected chi connectivity index (χ1v) is 6.79. The number of hydrogen-bond acceptors (Lipinski definition) is 3. The molecular weight excluding hydrogens is 214 g/mol. The highest BCUT2D eigenvalue weighted by molar-refractivity contribution is 4.94. The molecule has 2 unspecified atom stereocenters. The minimum atomic E-state index is 0.109. The quantitative estimate of drug-likeness (QED) is 0.762. The maximum atomic E-state index is 6.08. The van der Waals surface area contributed by atoms with Crippen LogP contribution in [-0.2, 0) is 9.47 Å². The predicted molar refractivity (Wildman–Crippen MR) is 69.1 cm³/mol. The molecular formula is C14H25NO2. The Bertz CT molecular complexity index is 243. The van der Waals surface area contributed by atoms with Gasteiger partial charge < -0.3 is 14.8 Å². The molecule has 3 heteroatoms. The molecule has 3 nitrogen and oxygen atoms in total. The van der Waals surface area contributed by atoms with Crippen molar-refractivity contribution in [2.75, 3.05) is 26.9 Å². The highest BCUT2D eigenvalue weighted by atomic mass is 16.5. The Labute approximate surface area is 105 Å². The van der Waals surface area contributed by atoms with E-state index >= 15 is 0 Å². The lowest BCUT2D eigenvalue weighted by atomic mass is 9.77. The average molecular weight is 239 g/mol. The third kappa shape index (κ3) is 3.09. The Morgan fingerprint density at radius 3 is 2.82 bits per heavy atom. The van der Waals surface area contributed by atoms with Crippen LogP contribution < -0.4 is 5.32 Å². The van der Waals surface area contributed by atoms with Gasteiger partial charge in [-0.2, -0.15) is 0 Å². The summed E-state index contributed by atoms with van der Waals surface area (Å²) >= 11 is 0. The summed E-state index contributed by atoms with van der Waals surface area (Å²) in [7, 11) is 2.06. The van der Waals surface area contributed by atoms with Gasteiger partial charge in [-0.3, -0.25) is 0 Å². The molecule has 0 aromatic heterocycles. The molecule has 2 rings (SSSR count). The molecule has 1 N–H and O–H groups in total. The van der Waals surface area contributed by atoms with Crippen LogP contribution in [0.25, 0.3) is 0 Å². The lowest BCUT2D eigenvalue weighted by Crippen LogP contribution is -2.48. The van der Waals surface area contributed by atoms with Crippen molar-refractivity contribution in [2.24, 2.45) is 5.92 Å². The highest BCUT2D eigenvalue weighted by Crippen LogP contribution is 2.38. The summed E-state index contributed by atoms with van der Waals surface area (Å²) in [5.41, 5.74) is 0.109. The van der Waals surface area contributed by atoms with Gasteiger partial charge in [-0.1, -0.05) is 6.08 Å². The van der Waals surface area contributed by atoms with Crippen molar-refractivity contribution in [1.29, 1.82) is 0 Å². The molecule has 0 aliphatic carbocycles. The van der Waals surface area contributed by atoms with Crippen LogP contribution in [0.1, 0.15) is 32.1 Å². The molecule has 0 aromatic rings. The molecule has 0 saturated carbocycles. The molecule has 2 saturated heterocycles. The standard InChI is InChI=1S/C14H25NO2/c1-3-4-13(15-2)12-5-8-17-14(11-12)6-9-16-10-7-14/h3,12-13,15H,1,4-11H2,2H3. The molecule has 2 aliphatic rings. The second-order valence-electron chi connectivity index (χ2n) is 5.32. The highest BCUT2D eigenvalue weighted by Gasteiger charge is 2.40. The third-order valence-electron chi connectivity index (χ3n) is 4.30. The van der Waals surface area contributed by atoms with Crippen molar-refractivity contribution in [1.82, 2.24) is 5.32 Å². The lowest BCUT2D eigenvalue weighted by Gasteiger charge is -2.45. The monoisotopic (exact) mass is 239 g/mol. The van der Waals surface area contributed by atoms with E-state index in [4.69, 9.17) is 9.47 Å². The van der Waals surface area contributed by atoms with Crippen molar-refractivity contribution < 1.29 is 9.47 Å². The third-order valence-corrected chi connectivity index (χ3v) is 4.30. The summed E-state index contributed by atoms with van der Waals surface area (Å²) in [5.74, 6) is 0.713. The molecule has 0 bridgehead atoms. The minimum absolute atomic E-state index is 0.109. The zero-order valence-electron chi connectivity index (χ0n) is 10.9. The van der Waals surface area contributed by atoms with Crippen LogP contribution in [0.5, 0.6) is 0 Å². The van der Waals surface area contributed by atoms with Crippen molar-refractivity contribution in [3.8, 4) is 0 Å². The minimum Gasteiger partial charge on any atom is -0.381 e. The van der Waals surface area contributed by atoms with E-state index in [9.17, 15) is 0 Å². The van der Waals surface area contributed by atoms with E-state index in [1.807, 2.05) is 6.08 Å². The molecule has 2 heterocycles. The van der Waals surface area contributed by atoms with Gasteiger partial charge in [0.25, 0.3) is 0 Å². The number of nitrogens with one attached hydrogen (secondary N) is 1. The molecule has 0 radical (unpaired) electrons. The van der Waals surface area contributed by atoms with Crippen LogP contribution in [-0.4, -0.2) is 38.5 Å². The molecule has 0 aromatic carbocycles. The molecule has 17 heavy (non-hydrogen) atoms. The van der Waals surface area contributed by atoms with Crippen LogP contribution in [0.15, 0.2) is 12.7 Å². The van der Waals surface area contributed by atoms with Crippen molar-refractivity contribution in [3.05, 3.63) is 12.7 Å². The van der Waals surface area contributed by atoms with Crippen LogP contribution >= 0.6 is 0 Å². The molecule has 98 valence electrons. The first-order valence-electron chi connectivity index (χ1n) is 6.79. The van der Waals surface area contributed by atoms with Gasteiger partial charge in [0, 0.05) is 25.9 Å². The van der Waals surface area contributed by atoms with Crippen LogP contribution in [0.3, 0.4) is 0 Å². The summed E-state index contributed by atoms with van der Waals surface area (Å²) in [6, 6.07) is 0.552. The maximum Gasteiger partial charge on any atom is 0.0729 e. The zero-order chi connectivity index (χ0) is 12.1. The molecule has 2 aliphatic heterocycles. The van der Waals surface area contributed by atoms with Gasteiger partial charge in [-0.15, -0.1) is 6.58 Å². The summed E-state index contributed by atoms with van der Waals surface area (Å²) in [4.78, 5) is 0. The fraction of sp³-hybridized carbons (Fsp3) is 0.857. The maximum absolute atomic E-state index is 6.08. The van der Waals surface area contributed by atoms with Crippen LogP contribution in [0, 0.1) is 5.92 Å². The van der Waals surface area contributed by atoms with Gasteiger partial charge in [0.15, 0.2) is 0 Å². The summed E-state index contributed by atoms with van der Waals surface area (Å²) < 4.78 is 11.5. The number of rotatable bonds is 4. The number of ether oxygens (including phenoxy) is 2. The lowest BCUT2D eigenvalue weighted by molar-refractivity contribution is -0.149. The fourth-order valence-electron chi connectivity index (χ4n) is 3.23. The normalized spacial score (nSPS) is 30.1. The Hall–Kier alpha value is -0.380. The van der Waals surface area contributed by atoms with Gasteiger partial charge in [0.05, 0.1) is 5.60 Å². The molecule has 0 amide bonds. The molecule has 2 atom stereocenters. The van der Waals surface area contributed by atoms with E-state index < -0.39 is 0 Å². The first kappa shape index (κ1) is 13.1. The Morgan fingerprint density at radius 2 is 2.18 bits per heavy atom. The number of hydrogen-bond donors (Lipinski definition) is 1. The van der Waals surface area contributed by atoms with Crippen LogP contribution in [0.4, 0.5) is 0 Å². The summed E-state index contributed by atoms with van der Waals surface area (Å²) in [6.07, 6.45) is 7.54. The Balaban J connectivity index is 1.97. The topological polar surface area (TPSA) is 30.5 Å². The predicted octanol–water partition coefficient (Wildman–Crippen LogP) is 2.13. The van der Waals surface area contributed by atoms with Gasteiger partial charge in [0.1, 0.15) is 0 Å². The largest absolute Gasteiger partial charge is 0.381 e. The van der Waals surface area contributed by atoms with Crippen LogP contribution in [0.2, 0.25) is 0 Å². The van der Waals surface area contributed by atoms with Crippen molar-refractivity contribution in [3.63, 3.8) is 0 Å². The van der Waals surface area contributed by atoms with Crippen molar-refractivity contribution in [2.45, 2.75) is 43.7 Å². The smallest absolute Gasteiger partial charge is 0.0729 e. The zero-order valence-corrected chi connectivity index (χ0v) is 10.9.